The van der Waals surface area contributed by atoms with E-state index in [0.717, 1.165) is 6.54 Å². The minimum atomic E-state index is 0.614. The van der Waals surface area contributed by atoms with Gasteiger partial charge in [-0.25, -0.2) is 0 Å². The van der Waals surface area contributed by atoms with Gasteiger partial charge in [0.15, 0.2) is 0 Å². The number of hydrogen-bond donors (Lipinski definition) is 1. The summed E-state index contributed by atoms with van der Waals surface area (Å²) in [5, 5.41) is 3.43. The Hall–Kier alpha value is -0.720. The maximum absolute atomic E-state index is 3.82. The fourth-order valence-electron chi connectivity index (χ4n) is 1.54. The van der Waals surface area contributed by atoms with Crippen LogP contribution in [0.3, 0.4) is 0 Å². The van der Waals surface area contributed by atoms with Gasteiger partial charge in [-0.3, -0.25) is 0 Å². The first-order valence-electron chi connectivity index (χ1n) is 4.35. The zero-order valence-electron chi connectivity index (χ0n) is 7.48. The Balaban J connectivity index is 2.81. The Kier molecular flexibility index (Phi) is 2.75. The van der Waals surface area contributed by atoms with Gasteiger partial charge in [0.1, 0.15) is 0 Å². The molecule has 1 heterocycles. The molecular weight excluding hydrogens is 134 g/mol. The van der Waals surface area contributed by atoms with Gasteiger partial charge in [-0.1, -0.05) is 26.5 Å². The van der Waals surface area contributed by atoms with Crippen molar-refractivity contribution in [2.24, 2.45) is 5.92 Å². The highest BCUT2D eigenvalue weighted by molar-refractivity contribution is 5.26. The molecule has 0 atom stereocenters. The van der Waals surface area contributed by atoms with E-state index in [1.807, 2.05) is 6.08 Å². The maximum Gasteiger partial charge on any atom is 0.0165 e. The lowest BCUT2D eigenvalue weighted by molar-refractivity contribution is 0.584. The van der Waals surface area contributed by atoms with Crippen LogP contribution in [0.2, 0.25) is 0 Å². The zero-order valence-corrected chi connectivity index (χ0v) is 7.48. The summed E-state index contributed by atoms with van der Waals surface area (Å²) in [6, 6.07) is 0. The van der Waals surface area contributed by atoms with Crippen LogP contribution in [0, 0.1) is 5.92 Å². The van der Waals surface area contributed by atoms with Crippen molar-refractivity contribution in [1.82, 2.24) is 5.32 Å². The molecule has 11 heavy (non-hydrogen) atoms. The van der Waals surface area contributed by atoms with Crippen LogP contribution in [0.4, 0.5) is 0 Å². The van der Waals surface area contributed by atoms with Gasteiger partial charge < -0.3 is 5.32 Å². The molecule has 0 amide bonds. The molecule has 0 spiro atoms. The molecule has 0 aliphatic carbocycles. The first-order valence-corrected chi connectivity index (χ1v) is 4.35. The topological polar surface area (TPSA) is 12.0 Å². The fourth-order valence-corrected chi connectivity index (χ4v) is 1.54. The maximum atomic E-state index is 3.82. The number of allylic oxidation sites excluding steroid dienone is 3. The monoisotopic (exact) mass is 151 g/mol. The highest BCUT2D eigenvalue weighted by Crippen LogP contribution is 2.20. The second-order valence-electron chi connectivity index (χ2n) is 3.33. The van der Waals surface area contributed by atoms with E-state index >= 15 is 0 Å². The van der Waals surface area contributed by atoms with Crippen LogP contribution < -0.4 is 5.32 Å². The zero-order chi connectivity index (χ0) is 8.27. The van der Waals surface area contributed by atoms with Crippen molar-refractivity contribution >= 4 is 0 Å². The number of hydrogen-bond acceptors (Lipinski definition) is 1. The van der Waals surface area contributed by atoms with Crippen molar-refractivity contribution in [2.75, 3.05) is 6.54 Å². The molecule has 0 fully saturated rings. The van der Waals surface area contributed by atoms with Crippen molar-refractivity contribution in [3.63, 3.8) is 0 Å². The van der Waals surface area contributed by atoms with E-state index in [0.29, 0.717) is 5.92 Å². The van der Waals surface area contributed by atoms with Gasteiger partial charge in [0.2, 0.25) is 0 Å². The molecule has 0 aromatic carbocycles. The smallest absolute Gasteiger partial charge is 0.0165 e. The summed E-state index contributed by atoms with van der Waals surface area (Å²) in [5.41, 5.74) is 2.80. The summed E-state index contributed by atoms with van der Waals surface area (Å²) in [7, 11) is 0. The molecule has 0 radical (unpaired) electrons. The van der Waals surface area contributed by atoms with Crippen LogP contribution >= 0.6 is 0 Å². The molecule has 1 aliphatic rings. The summed E-state index contributed by atoms with van der Waals surface area (Å²) < 4.78 is 0. The van der Waals surface area contributed by atoms with E-state index in [-0.39, 0.29) is 0 Å². The molecule has 1 nitrogen and oxygen atoms in total. The highest BCUT2D eigenvalue weighted by atomic mass is 14.9. The van der Waals surface area contributed by atoms with E-state index in [1.54, 1.807) is 0 Å². The number of nitrogens with one attached hydrogen (secondary N) is 1. The van der Waals surface area contributed by atoms with Gasteiger partial charge in [0, 0.05) is 12.2 Å². The summed E-state index contributed by atoms with van der Waals surface area (Å²) >= 11 is 0. The van der Waals surface area contributed by atoms with E-state index in [9.17, 15) is 0 Å². The fraction of sp³-hybridized carbons (Fsp3) is 0.600. The molecule has 0 bridgehead atoms. The van der Waals surface area contributed by atoms with Crippen molar-refractivity contribution in [2.45, 2.75) is 26.7 Å². The lowest BCUT2D eigenvalue weighted by Gasteiger charge is -2.23. The summed E-state index contributed by atoms with van der Waals surface area (Å²) in [6.07, 6.45) is 4.43. The molecule has 1 rings (SSSR count). The van der Waals surface area contributed by atoms with E-state index in [2.05, 4.69) is 25.7 Å². The predicted molar refractivity (Wildman–Crippen MR) is 49.3 cm³/mol. The molecule has 1 N–H and O–H groups in total. The van der Waals surface area contributed by atoms with E-state index in [4.69, 9.17) is 0 Å². The molecule has 0 saturated carbocycles. The summed E-state index contributed by atoms with van der Waals surface area (Å²) in [5.74, 6) is 0.614. The Morgan fingerprint density at radius 2 is 2.27 bits per heavy atom. The molecule has 1 heteroatoms. The third-order valence-electron chi connectivity index (χ3n) is 2.11. The molecule has 0 saturated heterocycles. The highest BCUT2D eigenvalue weighted by Gasteiger charge is 2.11. The molecule has 1 aliphatic heterocycles. The first-order chi connectivity index (χ1) is 5.25. The molecule has 0 aromatic heterocycles. The van der Waals surface area contributed by atoms with Crippen LogP contribution in [-0.4, -0.2) is 6.54 Å². The van der Waals surface area contributed by atoms with Crippen LogP contribution in [-0.2, 0) is 0 Å². The van der Waals surface area contributed by atoms with Gasteiger partial charge in [-0.15, -0.1) is 0 Å². The van der Waals surface area contributed by atoms with Crippen LogP contribution in [0.5, 0.6) is 0 Å². The SMILES string of the molecule is C=CC1=C(C(C)C)NCCC1. The minimum Gasteiger partial charge on any atom is -0.388 e. The summed E-state index contributed by atoms with van der Waals surface area (Å²) in [6.45, 7) is 9.39. The second-order valence-corrected chi connectivity index (χ2v) is 3.33. The van der Waals surface area contributed by atoms with Crippen molar-refractivity contribution in [1.29, 1.82) is 0 Å². The van der Waals surface area contributed by atoms with Gasteiger partial charge in [0.05, 0.1) is 0 Å². The predicted octanol–water partition coefficient (Wildman–Crippen LogP) is 2.47. The van der Waals surface area contributed by atoms with Crippen LogP contribution in [0.25, 0.3) is 0 Å². The van der Waals surface area contributed by atoms with Crippen LogP contribution in [0.1, 0.15) is 26.7 Å². The van der Waals surface area contributed by atoms with Gasteiger partial charge in [0.25, 0.3) is 0 Å². The Bertz CT molecular complexity index is 177. The quantitative estimate of drug-likeness (QED) is 0.639. The molecule has 0 aromatic rings. The Morgan fingerprint density at radius 1 is 1.55 bits per heavy atom. The Labute approximate surface area is 69.2 Å². The van der Waals surface area contributed by atoms with E-state index < -0.39 is 0 Å². The number of rotatable bonds is 2. The Morgan fingerprint density at radius 3 is 2.73 bits per heavy atom. The second kappa shape index (κ2) is 3.61. The van der Waals surface area contributed by atoms with Gasteiger partial charge in [-0.05, 0) is 24.3 Å². The van der Waals surface area contributed by atoms with Crippen molar-refractivity contribution in [3.05, 3.63) is 23.9 Å². The normalized spacial score (nSPS) is 18.5. The molecule has 0 unspecified atom stereocenters. The van der Waals surface area contributed by atoms with Crippen molar-refractivity contribution in [3.8, 4) is 0 Å². The summed E-state index contributed by atoms with van der Waals surface area (Å²) in [4.78, 5) is 0. The third kappa shape index (κ3) is 1.86. The third-order valence-corrected chi connectivity index (χ3v) is 2.11. The minimum absolute atomic E-state index is 0.614. The van der Waals surface area contributed by atoms with Gasteiger partial charge in [-0.2, -0.15) is 0 Å². The van der Waals surface area contributed by atoms with Crippen molar-refractivity contribution < 1.29 is 0 Å². The lowest BCUT2D eigenvalue weighted by atomic mass is 9.97. The van der Waals surface area contributed by atoms with Crippen LogP contribution in [0.15, 0.2) is 23.9 Å². The molecular formula is C10H17N. The standard InChI is InChI=1S/C10H17N/c1-4-9-6-5-7-11-10(9)8(2)3/h4,8,11H,1,5-7H2,2-3H3. The first kappa shape index (κ1) is 8.38. The average Bonchev–Trinajstić information content (AvgIpc) is 2.04. The van der Waals surface area contributed by atoms with Gasteiger partial charge >= 0.3 is 0 Å². The average molecular weight is 151 g/mol. The lowest BCUT2D eigenvalue weighted by Crippen LogP contribution is -2.24. The largest absolute Gasteiger partial charge is 0.388 e. The van der Waals surface area contributed by atoms with E-state index in [1.165, 1.54) is 24.1 Å². The molecule has 62 valence electrons.